The summed E-state index contributed by atoms with van der Waals surface area (Å²) < 4.78 is 15.5. The van der Waals surface area contributed by atoms with Gasteiger partial charge in [0, 0.05) is 18.8 Å². The van der Waals surface area contributed by atoms with E-state index in [1.807, 2.05) is 26.2 Å². The van der Waals surface area contributed by atoms with Crippen LogP contribution in [-0.2, 0) is 19.9 Å². The zero-order valence-electron chi connectivity index (χ0n) is 11.2. The fourth-order valence-corrected chi connectivity index (χ4v) is 2.26. The fourth-order valence-electron chi connectivity index (χ4n) is 2.26. The van der Waals surface area contributed by atoms with E-state index in [4.69, 9.17) is 5.84 Å². The van der Waals surface area contributed by atoms with Gasteiger partial charge in [-0.15, -0.1) is 0 Å². The van der Waals surface area contributed by atoms with Gasteiger partial charge in [-0.25, -0.2) is 4.39 Å². The molecule has 1 aromatic carbocycles. The van der Waals surface area contributed by atoms with Gasteiger partial charge in [0.1, 0.15) is 5.82 Å². The van der Waals surface area contributed by atoms with Crippen molar-refractivity contribution in [1.82, 2.24) is 15.2 Å². The van der Waals surface area contributed by atoms with Gasteiger partial charge in [0.15, 0.2) is 0 Å². The standard InChI is InChI=1S/C14H19FN4/c1-3-13-11(9-19(2)18-13)14(17-16)8-10-6-4-5-7-12(10)15/h4-7,9,14,17H,3,8,16H2,1-2H3. The average Bonchev–Trinajstić information content (AvgIpc) is 2.79. The molecule has 102 valence electrons. The molecule has 3 N–H and O–H groups in total. The van der Waals surface area contributed by atoms with Gasteiger partial charge >= 0.3 is 0 Å². The number of nitrogens with two attached hydrogens (primary N) is 1. The van der Waals surface area contributed by atoms with Gasteiger partial charge < -0.3 is 0 Å². The molecule has 0 saturated heterocycles. The molecular weight excluding hydrogens is 243 g/mol. The van der Waals surface area contributed by atoms with Crippen molar-refractivity contribution in [3.8, 4) is 0 Å². The second-order valence-electron chi connectivity index (χ2n) is 4.57. The van der Waals surface area contributed by atoms with E-state index in [1.165, 1.54) is 6.07 Å². The van der Waals surface area contributed by atoms with Gasteiger partial charge in [0.2, 0.25) is 0 Å². The summed E-state index contributed by atoms with van der Waals surface area (Å²) in [5.41, 5.74) is 5.42. The molecular formula is C14H19FN4. The van der Waals surface area contributed by atoms with Gasteiger partial charge in [-0.05, 0) is 24.5 Å². The molecule has 0 bridgehead atoms. The number of halogens is 1. The van der Waals surface area contributed by atoms with E-state index in [2.05, 4.69) is 10.5 Å². The lowest BCUT2D eigenvalue weighted by Crippen LogP contribution is -2.30. The van der Waals surface area contributed by atoms with Crippen molar-refractivity contribution in [2.45, 2.75) is 25.8 Å². The van der Waals surface area contributed by atoms with Crippen molar-refractivity contribution < 1.29 is 4.39 Å². The molecule has 0 amide bonds. The second kappa shape index (κ2) is 5.95. The Bertz CT molecular complexity index is 550. The number of nitrogens with one attached hydrogen (secondary N) is 1. The maximum atomic E-state index is 13.7. The predicted molar refractivity (Wildman–Crippen MR) is 72.8 cm³/mol. The zero-order valence-corrected chi connectivity index (χ0v) is 11.2. The molecule has 1 aromatic heterocycles. The average molecular weight is 262 g/mol. The number of rotatable bonds is 5. The van der Waals surface area contributed by atoms with E-state index in [0.29, 0.717) is 12.0 Å². The van der Waals surface area contributed by atoms with Crippen LogP contribution in [0, 0.1) is 5.82 Å². The Morgan fingerprint density at radius 1 is 1.42 bits per heavy atom. The molecule has 1 unspecified atom stereocenters. The number of hydrazine groups is 1. The number of aryl methyl sites for hydroxylation is 2. The summed E-state index contributed by atoms with van der Waals surface area (Å²) >= 11 is 0. The lowest BCUT2D eigenvalue weighted by Gasteiger charge is -2.16. The molecule has 1 heterocycles. The van der Waals surface area contributed by atoms with Crippen molar-refractivity contribution in [1.29, 1.82) is 0 Å². The first-order valence-electron chi connectivity index (χ1n) is 6.37. The topological polar surface area (TPSA) is 55.9 Å². The third-order valence-electron chi connectivity index (χ3n) is 3.23. The molecule has 19 heavy (non-hydrogen) atoms. The minimum absolute atomic E-state index is 0.138. The van der Waals surface area contributed by atoms with Gasteiger partial charge in [0.25, 0.3) is 0 Å². The monoisotopic (exact) mass is 262 g/mol. The Kier molecular flexibility index (Phi) is 4.29. The first-order chi connectivity index (χ1) is 9.15. The van der Waals surface area contributed by atoms with Crippen molar-refractivity contribution in [3.05, 3.63) is 53.1 Å². The molecule has 5 heteroatoms. The number of hydrogen-bond donors (Lipinski definition) is 2. The number of aromatic nitrogens is 2. The van der Waals surface area contributed by atoms with E-state index < -0.39 is 0 Å². The highest BCUT2D eigenvalue weighted by atomic mass is 19.1. The van der Waals surface area contributed by atoms with Gasteiger partial charge in [-0.3, -0.25) is 16.0 Å². The molecule has 0 radical (unpaired) electrons. The minimum Gasteiger partial charge on any atom is -0.275 e. The van der Waals surface area contributed by atoms with Crippen LogP contribution in [0.25, 0.3) is 0 Å². The Morgan fingerprint density at radius 2 is 2.16 bits per heavy atom. The van der Waals surface area contributed by atoms with Crippen LogP contribution in [0.4, 0.5) is 4.39 Å². The summed E-state index contributed by atoms with van der Waals surface area (Å²) in [6.07, 6.45) is 3.26. The number of nitrogens with zero attached hydrogens (tertiary/aromatic N) is 2. The molecule has 0 aliphatic rings. The van der Waals surface area contributed by atoms with Crippen LogP contribution in [0.3, 0.4) is 0 Å². The molecule has 2 aromatic rings. The normalized spacial score (nSPS) is 12.6. The van der Waals surface area contributed by atoms with Crippen molar-refractivity contribution in [2.24, 2.45) is 12.9 Å². The molecule has 2 rings (SSSR count). The second-order valence-corrected chi connectivity index (χ2v) is 4.57. The molecule has 1 atom stereocenters. The highest BCUT2D eigenvalue weighted by Crippen LogP contribution is 2.22. The first kappa shape index (κ1) is 13.7. The van der Waals surface area contributed by atoms with Gasteiger partial charge in [0.05, 0.1) is 11.7 Å². The number of benzene rings is 1. The van der Waals surface area contributed by atoms with Crippen LogP contribution in [0.15, 0.2) is 30.5 Å². The largest absolute Gasteiger partial charge is 0.275 e. The van der Waals surface area contributed by atoms with E-state index >= 15 is 0 Å². The Morgan fingerprint density at radius 3 is 2.79 bits per heavy atom. The molecule has 0 saturated carbocycles. The van der Waals surface area contributed by atoms with Gasteiger partial charge in [-0.1, -0.05) is 25.1 Å². The first-order valence-corrected chi connectivity index (χ1v) is 6.37. The van der Waals surface area contributed by atoms with Crippen molar-refractivity contribution >= 4 is 0 Å². The Labute approximate surface area is 112 Å². The summed E-state index contributed by atoms with van der Waals surface area (Å²) in [6.45, 7) is 2.04. The molecule has 0 aliphatic carbocycles. The quantitative estimate of drug-likeness (QED) is 0.639. The maximum Gasteiger partial charge on any atom is 0.126 e. The van der Waals surface area contributed by atoms with E-state index in [-0.39, 0.29) is 11.9 Å². The summed E-state index contributed by atoms with van der Waals surface area (Å²) in [5.74, 6) is 5.42. The lowest BCUT2D eigenvalue weighted by molar-refractivity contribution is 0.526. The summed E-state index contributed by atoms with van der Waals surface area (Å²) in [6, 6.07) is 6.62. The van der Waals surface area contributed by atoms with Gasteiger partial charge in [-0.2, -0.15) is 5.10 Å². The maximum absolute atomic E-state index is 13.7. The molecule has 0 spiro atoms. The number of hydrogen-bond acceptors (Lipinski definition) is 3. The highest BCUT2D eigenvalue weighted by molar-refractivity contribution is 5.26. The van der Waals surface area contributed by atoms with E-state index in [0.717, 1.165) is 17.7 Å². The Hall–Kier alpha value is -1.72. The highest BCUT2D eigenvalue weighted by Gasteiger charge is 2.18. The minimum atomic E-state index is -0.204. The third kappa shape index (κ3) is 3.00. The van der Waals surface area contributed by atoms with Crippen LogP contribution < -0.4 is 11.3 Å². The fraction of sp³-hybridized carbons (Fsp3) is 0.357. The predicted octanol–water partition coefficient (Wildman–Crippen LogP) is 1.87. The molecule has 0 aliphatic heterocycles. The van der Waals surface area contributed by atoms with Crippen LogP contribution >= 0.6 is 0 Å². The SMILES string of the molecule is CCc1nn(C)cc1C(Cc1ccccc1F)NN. The van der Waals surface area contributed by atoms with Crippen molar-refractivity contribution in [2.75, 3.05) is 0 Å². The lowest BCUT2D eigenvalue weighted by atomic mass is 9.99. The van der Waals surface area contributed by atoms with Crippen molar-refractivity contribution in [3.63, 3.8) is 0 Å². The third-order valence-corrected chi connectivity index (χ3v) is 3.23. The molecule has 0 fully saturated rings. The van der Waals surface area contributed by atoms with Crippen LogP contribution in [-0.4, -0.2) is 9.78 Å². The smallest absolute Gasteiger partial charge is 0.126 e. The van der Waals surface area contributed by atoms with E-state index in [9.17, 15) is 4.39 Å². The summed E-state index contributed by atoms with van der Waals surface area (Å²) in [5, 5.41) is 4.39. The van der Waals surface area contributed by atoms with Crippen LogP contribution in [0.1, 0.15) is 29.8 Å². The van der Waals surface area contributed by atoms with Crippen LogP contribution in [0.5, 0.6) is 0 Å². The van der Waals surface area contributed by atoms with Crippen LogP contribution in [0.2, 0.25) is 0 Å². The molecule has 4 nitrogen and oxygen atoms in total. The van der Waals surface area contributed by atoms with E-state index in [1.54, 1.807) is 16.8 Å². The summed E-state index contributed by atoms with van der Waals surface area (Å²) in [7, 11) is 1.87. The zero-order chi connectivity index (χ0) is 13.8. The summed E-state index contributed by atoms with van der Waals surface area (Å²) in [4.78, 5) is 0. The Balaban J connectivity index is 2.27.